The maximum absolute atomic E-state index is 15.1. The lowest BCUT2D eigenvalue weighted by Crippen LogP contribution is -2.63. The van der Waals surface area contributed by atoms with Gasteiger partial charge in [-0.05, 0) is 101 Å². The van der Waals surface area contributed by atoms with Crippen molar-refractivity contribution in [3.05, 3.63) is 12.2 Å². The molecule has 23 nitrogen and oxygen atoms in total. The van der Waals surface area contributed by atoms with Gasteiger partial charge in [-0.1, -0.05) is 117 Å². The first-order valence-corrected chi connectivity index (χ1v) is 30.6. The third kappa shape index (κ3) is 33.4. The van der Waals surface area contributed by atoms with E-state index in [1.54, 1.807) is 54.5 Å². The predicted molar refractivity (Wildman–Crippen MR) is 429 cm³/mol. The number of rotatable bonds is 15. The van der Waals surface area contributed by atoms with Gasteiger partial charge in [-0.3, -0.25) is 52.7 Å². The van der Waals surface area contributed by atoms with Gasteiger partial charge in [0.2, 0.25) is 65.0 Å². The van der Waals surface area contributed by atoms with Gasteiger partial charge < -0.3 is 60.7 Å². The number of hydrogen-bond donors (Lipinski definition) is 5. The second-order valence-corrected chi connectivity index (χ2v) is 26.1. The Morgan fingerprint density at radius 1 is 0.432 bits per heavy atom. The second-order valence-electron chi connectivity index (χ2n) is 26.1. The summed E-state index contributed by atoms with van der Waals surface area (Å²) in [4.78, 5) is 169. The molecule has 5 N–H and O–H groups in total. The lowest BCUT2D eigenvalue weighted by Gasteiger charge is -2.41. The van der Waals surface area contributed by atoms with E-state index in [-0.39, 0.29) is 185 Å². The van der Waals surface area contributed by atoms with Crippen LogP contribution in [0, 0.1) is 41.4 Å². The molecule has 1 rings (SSSR count). The first-order valence-electron chi connectivity index (χ1n) is 30.6. The molecule has 0 aliphatic carbocycles. The van der Waals surface area contributed by atoms with Gasteiger partial charge in [0.15, 0.2) is 0 Å². The number of nitrogens with one attached hydrogen (secondary N) is 4. The van der Waals surface area contributed by atoms with Gasteiger partial charge in [0.25, 0.3) is 0 Å². The highest BCUT2D eigenvalue weighted by molar-refractivity contribution is 7.60. The summed E-state index contributed by atoms with van der Waals surface area (Å²) in [6.07, 6.45) is 3.04. The van der Waals surface area contributed by atoms with E-state index in [0.717, 1.165) is 9.80 Å². The Hall–Kier alpha value is -2.98. The number of aliphatic hydroxyl groups is 1. The van der Waals surface area contributed by atoms with Crippen LogP contribution in [0.2, 0.25) is 0 Å². The van der Waals surface area contributed by atoms with Crippen molar-refractivity contribution in [3.8, 4) is 0 Å². The molecular weight excluding hydrogens is 1390 g/mol. The Kier molecular flexibility index (Phi) is 63.2. The molecule has 1 saturated heterocycles. The van der Waals surface area contributed by atoms with Crippen LogP contribution in [0.4, 0.5) is 0 Å². The highest BCUT2D eigenvalue weighted by Crippen LogP contribution is 2.26. The SMILES string of the molecule is C.C/C=C/C[C@@H](C)[C@@H](O)C1C(=O)N[C@H](CC)C(=O)N(C)CC(=O)N(C)[C@@H](CC(C)C)C(=O)N[C@H](C(C)C)C(=O)N(C)[C@H](CC(C)C)C(=O)N[C@H](C)C(=O)N[C@@H](C)C(=O)N(C)[C@H](CC(C)C)C(=O)N(C)[C@H](CC(C)C)C(=O)N(C)[C@H](C(C)C)C(=O)N1C.S.S.S.S.S.S.S.S.S. The summed E-state index contributed by atoms with van der Waals surface area (Å²) in [6.45, 7) is 29.3. The van der Waals surface area contributed by atoms with E-state index >= 15 is 9.59 Å². The van der Waals surface area contributed by atoms with E-state index in [1.165, 1.54) is 87.7 Å². The highest BCUT2D eigenvalue weighted by Gasteiger charge is 2.45. The molecular formula is C63H133N11O12S9. The fourth-order valence-electron chi connectivity index (χ4n) is 10.7. The molecule has 0 bridgehead atoms. The van der Waals surface area contributed by atoms with Crippen molar-refractivity contribution in [2.45, 2.75) is 230 Å². The molecule has 1 heterocycles. The fraction of sp³-hybridized carbons (Fsp3) is 0.794. The van der Waals surface area contributed by atoms with E-state index in [9.17, 15) is 48.3 Å². The predicted octanol–water partition coefficient (Wildman–Crippen LogP) is 4.92. The molecule has 1 aliphatic heterocycles. The van der Waals surface area contributed by atoms with Gasteiger partial charge in [-0.25, -0.2) is 0 Å². The minimum Gasteiger partial charge on any atom is -0.390 e. The van der Waals surface area contributed by atoms with Crippen LogP contribution in [0.15, 0.2) is 12.2 Å². The van der Waals surface area contributed by atoms with Crippen molar-refractivity contribution in [2.75, 3.05) is 55.9 Å². The molecule has 0 saturated carbocycles. The molecule has 0 aromatic rings. The summed E-state index contributed by atoms with van der Waals surface area (Å²) in [5.41, 5.74) is 0. The van der Waals surface area contributed by atoms with Crippen molar-refractivity contribution >= 4 is 186 Å². The zero-order valence-corrected chi connectivity index (χ0v) is 69.6. The number of amides is 11. The molecule has 1 fully saturated rings. The van der Waals surface area contributed by atoms with Gasteiger partial charge in [-0.15, -0.1) is 0 Å². The van der Waals surface area contributed by atoms with Crippen molar-refractivity contribution in [3.63, 3.8) is 0 Å². The lowest BCUT2D eigenvalue weighted by molar-refractivity contribution is -0.157. The quantitative estimate of drug-likeness (QED) is 0.137. The van der Waals surface area contributed by atoms with Crippen molar-refractivity contribution < 1.29 is 57.8 Å². The monoisotopic (exact) mass is 1520 g/mol. The maximum atomic E-state index is 15.1. The number of carbonyl (C=O) groups is 11. The first kappa shape index (κ1) is 113. The fourth-order valence-corrected chi connectivity index (χ4v) is 10.7. The average Bonchev–Trinajstić information content (AvgIpc) is 0.815. The number of carbonyl (C=O) groups excluding carboxylic acids is 11. The zero-order chi connectivity index (χ0) is 66.0. The Morgan fingerprint density at radius 2 is 0.800 bits per heavy atom. The molecule has 32 heteroatoms. The van der Waals surface area contributed by atoms with E-state index in [4.69, 9.17) is 0 Å². The van der Waals surface area contributed by atoms with Crippen LogP contribution in [0.1, 0.15) is 164 Å². The van der Waals surface area contributed by atoms with Crippen LogP contribution in [-0.4, -0.2) is 227 Å². The molecule has 0 spiro atoms. The molecule has 566 valence electrons. The Morgan fingerprint density at radius 3 is 1.20 bits per heavy atom. The van der Waals surface area contributed by atoms with Gasteiger partial charge in [0.1, 0.15) is 60.4 Å². The molecule has 1 aliphatic rings. The first-order chi connectivity index (χ1) is 39.2. The molecule has 1 unspecified atom stereocenters. The summed E-state index contributed by atoms with van der Waals surface area (Å²) < 4.78 is 0. The molecule has 0 radical (unpaired) electrons. The van der Waals surface area contributed by atoms with Crippen molar-refractivity contribution in [1.29, 1.82) is 0 Å². The van der Waals surface area contributed by atoms with E-state index in [0.29, 0.717) is 6.42 Å². The van der Waals surface area contributed by atoms with Crippen molar-refractivity contribution in [2.24, 2.45) is 41.4 Å². The second kappa shape index (κ2) is 53.0. The van der Waals surface area contributed by atoms with Gasteiger partial charge in [0, 0.05) is 49.3 Å². The van der Waals surface area contributed by atoms with E-state index in [2.05, 4.69) is 21.3 Å². The topological polar surface area (TPSA) is 279 Å². The summed E-state index contributed by atoms with van der Waals surface area (Å²) in [5.74, 6) is -9.71. The number of likely N-dealkylation sites (N-methyl/N-ethyl adjacent to an activating group) is 7. The smallest absolute Gasteiger partial charge is 0.246 e. The van der Waals surface area contributed by atoms with Crippen LogP contribution < -0.4 is 21.3 Å². The van der Waals surface area contributed by atoms with Gasteiger partial charge in [-0.2, -0.15) is 121 Å². The molecule has 95 heavy (non-hydrogen) atoms. The Labute approximate surface area is 635 Å². The van der Waals surface area contributed by atoms with Crippen molar-refractivity contribution in [1.82, 2.24) is 55.6 Å². The number of aliphatic hydroxyl groups excluding tert-OH is 1. The third-order valence-electron chi connectivity index (χ3n) is 16.1. The average molecular weight is 1530 g/mol. The zero-order valence-electron chi connectivity index (χ0n) is 60.6. The van der Waals surface area contributed by atoms with Gasteiger partial charge >= 0.3 is 0 Å². The van der Waals surface area contributed by atoms with Crippen LogP contribution in [0.3, 0.4) is 0 Å². The Balaban J connectivity index is -0.000000903. The van der Waals surface area contributed by atoms with Crippen LogP contribution in [-0.2, 0) is 52.7 Å². The largest absolute Gasteiger partial charge is 0.390 e. The molecule has 0 aromatic heterocycles. The van der Waals surface area contributed by atoms with E-state index < -0.39 is 156 Å². The molecule has 12 atom stereocenters. The normalized spacial score (nSPS) is 24.1. The van der Waals surface area contributed by atoms with Crippen LogP contribution >= 0.6 is 121 Å². The molecule has 0 aromatic carbocycles. The van der Waals surface area contributed by atoms with E-state index in [1.807, 2.05) is 61.5 Å². The lowest BCUT2D eigenvalue weighted by atomic mass is 9.91. The maximum Gasteiger partial charge on any atom is 0.246 e. The van der Waals surface area contributed by atoms with Crippen LogP contribution in [0.25, 0.3) is 0 Å². The molecule has 11 amide bonds. The Bertz CT molecular complexity index is 2370. The standard InChI is InChI=1S/C62H111N11O12.CH4.9H2S/c1-25-27-28-40(15)52(75)51-56(79)65-43(26-2)58(81)67(18)33-48(74)68(19)44(29-34(3)4)55(78)66-49(38(11)12)61(84)69(20)45(30-35(5)6)54(77)63-41(16)53(76)64-42(17)57(80)70(21)46(31-36(7)8)59(82)71(22)47(32-37(9)10)60(83)72(23)50(39(13)14)62(85)73(51)24;;;;;;;;;;/h25,27,34-47,49-52,75H,26,28-33H2,1-24H3,(H,63,77)(H,64,76)(H,65,79)(H,66,78);1H4;9*1H2/b27-25+;;;;;;;;;;/t40-,41-,42+,43-,44+,45-,46-,47-,49-,50-,51?,52-;;;;;;;;;;/m1........../s1. The third-order valence-corrected chi connectivity index (χ3v) is 16.1. The summed E-state index contributed by atoms with van der Waals surface area (Å²) in [7, 11) is 9.92. The van der Waals surface area contributed by atoms with Crippen LogP contribution in [0.5, 0.6) is 0 Å². The minimum absolute atomic E-state index is 0. The minimum atomic E-state index is -1.61. The number of hydrogen-bond acceptors (Lipinski definition) is 12. The number of nitrogens with zero attached hydrogens (tertiary/aromatic N) is 7. The summed E-state index contributed by atoms with van der Waals surface area (Å²) >= 11 is 0. The number of allylic oxidation sites excluding steroid dienone is 2. The highest BCUT2D eigenvalue weighted by atomic mass is 32.1. The summed E-state index contributed by atoms with van der Waals surface area (Å²) in [6, 6.07) is -12.3. The summed E-state index contributed by atoms with van der Waals surface area (Å²) in [5, 5.41) is 23.1. The van der Waals surface area contributed by atoms with Gasteiger partial charge in [0.05, 0.1) is 12.6 Å².